The van der Waals surface area contributed by atoms with Crippen LogP contribution in [0.2, 0.25) is 0 Å². The van der Waals surface area contributed by atoms with E-state index in [1.807, 2.05) is 32.0 Å². The van der Waals surface area contributed by atoms with E-state index in [0.717, 1.165) is 16.8 Å². The molecule has 0 unspecified atom stereocenters. The summed E-state index contributed by atoms with van der Waals surface area (Å²) in [5.41, 5.74) is 2.67. The third-order valence-electron chi connectivity index (χ3n) is 2.88. The van der Waals surface area contributed by atoms with Gasteiger partial charge >= 0.3 is 0 Å². The number of aryl methyl sites for hydroxylation is 1. The lowest BCUT2D eigenvalue weighted by atomic mass is 10.1. The summed E-state index contributed by atoms with van der Waals surface area (Å²) in [4.78, 5) is 11.8. The standard InChI is InChI=1S/C17H23NO3/c1-3-21-12-6-8-17(20)18-16-10-9-14(2)15(13-16)7-4-5-11-19/h9-10,13,19H,3,5-6,8,11-12H2,1-2H3,(H,18,20). The Hall–Kier alpha value is -1.83. The van der Waals surface area contributed by atoms with Crippen LogP contribution < -0.4 is 5.32 Å². The minimum atomic E-state index is -0.0205. The van der Waals surface area contributed by atoms with E-state index in [1.54, 1.807) is 0 Å². The van der Waals surface area contributed by atoms with E-state index in [9.17, 15) is 4.79 Å². The number of rotatable bonds is 7. The van der Waals surface area contributed by atoms with Crippen molar-refractivity contribution < 1.29 is 14.6 Å². The largest absolute Gasteiger partial charge is 0.395 e. The number of carbonyl (C=O) groups excluding carboxylic acids is 1. The van der Waals surface area contributed by atoms with Gasteiger partial charge in [-0.1, -0.05) is 17.9 Å². The number of aliphatic hydroxyl groups is 1. The van der Waals surface area contributed by atoms with Crippen molar-refractivity contribution >= 4 is 11.6 Å². The van der Waals surface area contributed by atoms with E-state index in [1.165, 1.54) is 0 Å². The Morgan fingerprint density at radius 2 is 2.24 bits per heavy atom. The van der Waals surface area contributed by atoms with E-state index in [4.69, 9.17) is 9.84 Å². The Kier molecular flexibility index (Phi) is 8.18. The van der Waals surface area contributed by atoms with Gasteiger partial charge < -0.3 is 15.2 Å². The molecule has 1 rings (SSSR count). The summed E-state index contributed by atoms with van der Waals surface area (Å²) in [5, 5.41) is 11.6. The second-order valence-corrected chi connectivity index (χ2v) is 4.65. The SMILES string of the molecule is CCOCCCC(=O)Nc1ccc(C)c(C#CCCO)c1. The quantitative estimate of drug-likeness (QED) is 0.599. The molecule has 0 aliphatic rings. The predicted octanol–water partition coefficient (Wildman–Crippen LogP) is 2.48. The lowest BCUT2D eigenvalue weighted by Gasteiger charge is -2.07. The van der Waals surface area contributed by atoms with Crippen LogP contribution in [-0.2, 0) is 9.53 Å². The first-order valence-electron chi connectivity index (χ1n) is 7.25. The molecule has 0 aliphatic carbocycles. The van der Waals surface area contributed by atoms with Crippen molar-refractivity contribution in [3.8, 4) is 11.8 Å². The summed E-state index contributed by atoms with van der Waals surface area (Å²) in [6.45, 7) is 5.25. The molecular formula is C17H23NO3. The highest BCUT2D eigenvalue weighted by Gasteiger charge is 2.04. The molecule has 0 bridgehead atoms. The van der Waals surface area contributed by atoms with Crippen molar-refractivity contribution in [3.05, 3.63) is 29.3 Å². The van der Waals surface area contributed by atoms with Gasteiger partial charge in [-0.05, 0) is 38.0 Å². The van der Waals surface area contributed by atoms with Gasteiger partial charge in [-0.15, -0.1) is 0 Å². The fourth-order valence-corrected chi connectivity index (χ4v) is 1.75. The Morgan fingerprint density at radius 1 is 1.43 bits per heavy atom. The van der Waals surface area contributed by atoms with Crippen LogP contribution in [0, 0.1) is 18.8 Å². The molecule has 0 spiro atoms. The molecule has 0 aromatic heterocycles. The minimum Gasteiger partial charge on any atom is -0.395 e. The summed E-state index contributed by atoms with van der Waals surface area (Å²) < 4.78 is 5.21. The molecule has 1 aromatic carbocycles. The molecule has 1 amide bonds. The summed E-state index contributed by atoms with van der Waals surface area (Å²) in [7, 11) is 0. The van der Waals surface area contributed by atoms with Crippen molar-refractivity contribution in [1.82, 2.24) is 0 Å². The lowest BCUT2D eigenvalue weighted by molar-refractivity contribution is -0.116. The summed E-state index contributed by atoms with van der Waals surface area (Å²) in [5.74, 6) is 5.88. The summed E-state index contributed by atoms with van der Waals surface area (Å²) in [6, 6.07) is 5.66. The maximum atomic E-state index is 11.8. The second-order valence-electron chi connectivity index (χ2n) is 4.65. The smallest absolute Gasteiger partial charge is 0.224 e. The Labute approximate surface area is 126 Å². The average Bonchev–Trinajstić information content (AvgIpc) is 2.47. The lowest BCUT2D eigenvalue weighted by Crippen LogP contribution is -2.12. The number of nitrogens with one attached hydrogen (secondary N) is 1. The minimum absolute atomic E-state index is 0.0205. The van der Waals surface area contributed by atoms with Crippen molar-refractivity contribution in [2.24, 2.45) is 0 Å². The molecule has 0 aliphatic heterocycles. The summed E-state index contributed by atoms with van der Waals surface area (Å²) >= 11 is 0. The van der Waals surface area contributed by atoms with Crippen LogP contribution >= 0.6 is 0 Å². The van der Waals surface area contributed by atoms with Crippen LogP contribution in [-0.4, -0.2) is 30.8 Å². The van der Waals surface area contributed by atoms with Crippen molar-refractivity contribution in [2.75, 3.05) is 25.1 Å². The van der Waals surface area contributed by atoms with Crippen molar-refractivity contribution in [2.45, 2.75) is 33.1 Å². The van der Waals surface area contributed by atoms with E-state index in [0.29, 0.717) is 32.5 Å². The molecule has 1 aromatic rings. The van der Waals surface area contributed by atoms with Crippen LogP contribution in [0.15, 0.2) is 18.2 Å². The van der Waals surface area contributed by atoms with Crippen LogP contribution in [0.25, 0.3) is 0 Å². The molecule has 0 saturated heterocycles. The van der Waals surface area contributed by atoms with Crippen LogP contribution in [0.4, 0.5) is 5.69 Å². The van der Waals surface area contributed by atoms with Gasteiger partial charge in [-0.3, -0.25) is 4.79 Å². The molecule has 114 valence electrons. The van der Waals surface area contributed by atoms with E-state index in [-0.39, 0.29) is 12.5 Å². The average molecular weight is 289 g/mol. The Morgan fingerprint density at radius 3 is 2.95 bits per heavy atom. The molecule has 0 saturated carbocycles. The van der Waals surface area contributed by atoms with Crippen LogP contribution in [0.1, 0.15) is 37.3 Å². The predicted molar refractivity (Wildman–Crippen MR) is 84.1 cm³/mol. The molecular weight excluding hydrogens is 266 g/mol. The second kappa shape index (κ2) is 9.98. The maximum absolute atomic E-state index is 11.8. The van der Waals surface area contributed by atoms with Gasteiger partial charge in [0.25, 0.3) is 0 Å². The Balaban J connectivity index is 2.57. The highest BCUT2D eigenvalue weighted by atomic mass is 16.5. The highest BCUT2D eigenvalue weighted by molar-refractivity contribution is 5.90. The molecule has 0 heterocycles. The third-order valence-corrected chi connectivity index (χ3v) is 2.88. The van der Waals surface area contributed by atoms with Gasteiger partial charge in [0.1, 0.15) is 0 Å². The zero-order valence-electron chi connectivity index (χ0n) is 12.7. The number of hydrogen-bond donors (Lipinski definition) is 2. The van der Waals surface area contributed by atoms with Gasteiger partial charge in [0.15, 0.2) is 0 Å². The van der Waals surface area contributed by atoms with Gasteiger partial charge in [-0.2, -0.15) is 0 Å². The maximum Gasteiger partial charge on any atom is 0.224 e. The first-order valence-corrected chi connectivity index (χ1v) is 7.25. The number of amides is 1. The van der Waals surface area contributed by atoms with Crippen LogP contribution in [0.3, 0.4) is 0 Å². The fraction of sp³-hybridized carbons (Fsp3) is 0.471. The molecule has 21 heavy (non-hydrogen) atoms. The number of hydrogen-bond acceptors (Lipinski definition) is 3. The van der Waals surface area contributed by atoms with E-state index >= 15 is 0 Å². The first kappa shape index (κ1) is 17.2. The van der Waals surface area contributed by atoms with Gasteiger partial charge in [0.05, 0.1) is 6.61 Å². The highest BCUT2D eigenvalue weighted by Crippen LogP contribution is 2.15. The molecule has 0 radical (unpaired) electrons. The molecule has 4 nitrogen and oxygen atoms in total. The monoisotopic (exact) mass is 289 g/mol. The molecule has 0 atom stereocenters. The first-order chi connectivity index (χ1) is 10.2. The zero-order chi connectivity index (χ0) is 15.5. The van der Waals surface area contributed by atoms with Crippen molar-refractivity contribution in [1.29, 1.82) is 0 Å². The van der Waals surface area contributed by atoms with E-state index < -0.39 is 0 Å². The topological polar surface area (TPSA) is 58.6 Å². The third kappa shape index (κ3) is 6.94. The number of aliphatic hydroxyl groups excluding tert-OH is 1. The zero-order valence-corrected chi connectivity index (χ0v) is 12.7. The fourth-order valence-electron chi connectivity index (χ4n) is 1.75. The number of ether oxygens (including phenoxy) is 1. The molecule has 0 fully saturated rings. The van der Waals surface area contributed by atoms with Gasteiger partial charge in [0, 0.05) is 37.3 Å². The number of carbonyl (C=O) groups is 1. The van der Waals surface area contributed by atoms with E-state index in [2.05, 4.69) is 17.2 Å². The number of benzene rings is 1. The molecule has 4 heteroatoms. The van der Waals surface area contributed by atoms with Crippen LogP contribution in [0.5, 0.6) is 0 Å². The van der Waals surface area contributed by atoms with Crippen molar-refractivity contribution in [3.63, 3.8) is 0 Å². The normalized spacial score (nSPS) is 9.86. The summed E-state index contributed by atoms with van der Waals surface area (Å²) in [6.07, 6.45) is 1.61. The number of anilines is 1. The Bertz CT molecular complexity index is 515. The van der Waals surface area contributed by atoms with Gasteiger partial charge in [0.2, 0.25) is 5.91 Å². The molecule has 2 N–H and O–H groups in total. The van der Waals surface area contributed by atoms with Gasteiger partial charge in [-0.25, -0.2) is 0 Å².